The van der Waals surface area contributed by atoms with E-state index in [-0.39, 0.29) is 23.1 Å². The van der Waals surface area contributed by atoms with Crippen LogP contribution in [-0.2, 0) is 0 Å². The van der Waals surface area contributed by atoms with E-state index < -0.39 is 17.5 Å². The predicted molar refractivity (Wildman–Crippen MR) is 70.9 cm³/mol. The number of carbonyl (C=O) groups is 1. The van der Waals surface area contributed by atoms with Crippen molar-refractivity contribution in [3.63, 3.8) is 0 Å². The zero-order valence-electron chi connectivity index (χ0n) is 11.5. The minimum atomic E-state index is -0.851. The summed E-state index contributed by atoms with van der Waals surface area (Å²) in [6.07, 6.45) is 0.616. The topological polar surface area (TPSA) is 55.1 Å². The predicted octanol–water partition coefficient (Wildman–Crippen LogP) is 2.38. The summed E-state index contributed by atoms with van der Waals surface area (Å²) in [6, 6.07) is 1.83. The van der Waals surface area contributed by atoms with E-state index in [2.05, 4.69) is 5.32 Å². The molecule has 1 aromatic rings. The van der Waals surface area contributed by atoms with E-state index in [1.807, 2.05) is 13.8 Å². The zero-order chi connectivity index (χ0) is 14.6. The van der Waals surface area contributed by atoms with E-state index in [0.29, 0.717) is 13.0 Å². The lowest BCUT2D eigenvalue weighted by Crippen LogP contribution is -2.40. The Kier molecular flexibility index (Phi) is 5.42. The van der Waals surface area contributed by atoms with E-state index in [1.165, 1.54) is 13.0 Å². The Labute approximate surface area is 112 Å². The average Bonchev–Trinajstić information content (AvgIpc) is 2.32. The molecule has 0 bridgehead atoms. The molecule has 0 radical (unpaired) electrons. The number of halogens is 2. The lowest BCUT2D eigenvalue weighted by atomic mass is 10.00. The number of rotatable bonds is 5. The Balaban J connectivity index is 2.91. The molecule has 0 aliphatic carbocycles. The Morgan fingerprint density at radius 2 is 1.95 bits per heavy atom. The highest BCUT2D eigenvalue weighted by molar-refractivity contribution is 5.94. The molecule has 5 heteroatoms. The van der Waals surface area contributed by atoms with E-state index >= 15 is 0 Å². The van der Waals surface area contributed by atoms with Gasteiger partial charge in [0.05, 0.1) is 5.56 Å². The van der Waals surface area contributed by atoms with E-state index in [1.54, 1.807) is 0 Å². The maximum atomic E-state index is 13.6. The summed E-state index contributed by atoms with van der Waals surface area (Å²) in [5, 5.41) is 2.74. The molecule has 3 N–H and O–H groups in total. The van der Waals surface area contributed by atoms with Crippen LogP contribution in [0.15, 0.2) is 12.1 Å². The first-order valence-electron chi connectivity index (χ1n) is 6.33. The quantitative estimate of drug-likeness (QED) is 0.863. The van der Waals surface area contributed by atoms with Gasteiger partial charge in [-0.1, -0.05) is 13.8 Å². The van der Waals surface area contributed by atoms with Gasteiger partial charge in [0.15, 0.2) is 0 Å². The van der Waals surface area contributed by atoms with Crippen molar-refractivity contribution in [1.82, 2.24) is 5.32 Å². The summed E-state index contributed by atoms with van der Waals surface area (Å²) in [4.78, 5) is 12.0. The Hall–Kier alpha value is -1.49. The van der Waals surface area contributed by atoms with Gasteiger partial charge in [0.1, 0.15) is 11.6 Å². The number of aryl methyl sites for hydroxylation is 1. The third kappa shape index (κ3) is 3.99. The van der Waals surface area contributed by atoms with E-state index in [0.717, 1.165) is 6.07 Å². The van der Waals surface area contributed by atoms with Gasteiger partial charge in [0.2, 0.25) is 0 Å². The van der Waals surface area contributed by atoms with Crippen molar-refractivity contribution in [3.8, 4) is 0 Å². The van der Waals surface area contributed by atoms with Gasteiger partial charge in [-0.05, 0) is 37.4 Å². The third-order valence-electron chi connectivity index (χ3n) is 3.09. The molecule has 19 heavy (non-hydrogen) atoms. The molecule has 0 fully saturated rings. The minimum absolute atomic E-state index is 0.123. The molecule has 0 aliphatic heterocycles. The summed E-state index contributed by atoms with van der Waals surface area (Å²) in [5.74, 6) is -1.85. The first-order valence-corrected chi connectivity index (χ1v) is 6.33. The second kappa shape index (κ2) is 6.61. The van der Waals surface area contributed by atoms with Crippen LogP contribution in [0.3, 0.4) is 0 Å². The van der Waals surface area contributed by atoms with Crippen LogP contribution in [0.4, 0.5) is 8.78 Å². The van der Waals surface area contributed by atoms with Crippen molar-refractivity contribution in [2.75, 3.05) is 6.54 Å². The highest BCUT2D eigenvalue weighted by Gasteiger charge is 2.19. The number of nitrogens with one attached hydrogen (secondary N) is 1. The van der Waals surface area contributed by atoms with Gasteiger partial charge >= 0.3 is 0 Å². The van der Waals surface area contributed by atoms with Gasteiger partial charge in [-0.25, -0.2) is 8.78 Å². The summed E-state index contributed by atoms with van der Waals surface area (Å²) < 4.78 is 26.7. The van der Waals surface area contributed by atoms with E-state index in [9.17, 15) is 13.6 Å². The molecular formula is C14H20F2N2O. The molecule has 0 heterocycles. The fraction of sp³-hybridized carbons (Fsp3) is 0.500. The maximum Gasteiger partial charge on any atom is 0.254 e. The van der Waals surface area contributed by atoms with Gasteiger partial charge in [0.25, 0.3) is 5.91 Å². The molecule has 1 rings (SSSR count). The highest BCUT2D eigenvalue weighted by Crippen LogP contribution is 2.15. The molecule has 1 amide bonds. The van der Waals surface area contributed by atoms with Crippen LogP contribution in [0.5, 0.6) is 0 Å². The molecule has 0 saturated heterocycles. The Morgan fingerprint density at radius 1 is 1.32 bits per heavy atom. The smallest absolute Gasteiger partial charge is 0.254 e. The van der Waals surface area contributed by atoms with Crippen LogP contribution in [-0.4, -0.2) is 18.5 Å². The van der Waals surface area contributed by atoms with Crippen molar-refractivity contribution in [3.05, 3.63) is 34.9 Å². The van der Waals surface area contributed by atoms with Crippen LogP contribution in [0.2, 0.25) is 0 Å². The summed E-state index contributed by atoms with van der Waals surface area (Å²) >= 11 is 0. The average molecular weight is 270 g/mol. The standard InChI is InChI=1S/C14H20F2N2O/c1-8(2)13(4-5-17)18-14(19)10-6-9(3)11(15)7-12(10)16/h6-8,13H,4-5,17H2,1-3H3,(H,18,19). The van der Waals surface area contributed by atoms with E-state index in [4.69, 9.17) is 5.73 Å². The summed E-state index contributed by atoms with van der Waals surface area (Å²) in [7, 11) is 0. The van der Waals surface area contributed by atoms with Crippen LogP contribution in [0, 0.1) is 24.5 Å². The van der Waals surface area contributed by atoms with Crippen LogP contribution < -0.4 is 11.1 Å². The number of benzene rings is 1. The van der Waals surface area contributed by atoms with Gasteiger partial charge in [0, 0.05) is 12.1 Å². The molecule has 1 aromatic carbocycles. The van der Waals surface area contributed by atoms with Crippen LogP contribution in [0.25, 0.3) is 0 Å². The molecule has 0 saturated carbocycles. The molecule has 0 aliphatic rings. The maximum absolute atomic E-state index is 13.6. The Morgan fingerprint density at radius 3 is 2.47 bits per heavy atom. The van der Waals surface area contributed by atoms with Gasteiger partial charge in [-0.15, -0.1) is 0 Å². The highest BCUT2D eigenvalue weighted by atomic mass is 19.1. The molecule has 1 atom stereocenters. The zero-order valence-corrected chi connectivity index (χ0v) is 11.5. The fourth-order valence-electron chi connectivity index (χ4n) is 1.83. The van der Waals surface area contributed by atoms with Crippen molar-refractivity contribution < 1.29 is 13.6 Å². The molecule has 0 spiro atoms. The molecule has 1 unspecified atom stereocenters. The third-order valence-corrected chi connectivity index (χ3v) is 3.09. The number of nitrogens with two attached hydrogens (primary N) is 1. The lowest BCUT2D eigenvalue weighted by molar-refractivity contribution is 0.0919. The van der Waals surface area contributed by atoms with Crippen LogP contribution >= 0.6 is 0 Å². The molecular weight excluding hydrogens is 250 g/mol. The minimum Gasteiger partial charge on any atom is -0.349 e. The summed E-state index contributed by atoms with van der Waals surface area (Å²) in [5.41, 5.74) is 5.59. The van der Waals surface area contributed by atoms with Crippen molar-refractivity contribution >= 4 is 5.91 Å². The van der Waals surface area contributed by atoms with Crippen LogP contribution in [0.1, 0.15) is 36.2 Å². The lowest BCUT2D eigenvalue weighted by Gasteiger charge is -2.22. The first kappa shape index (κ1) is 15.6. The van der Waals surface area contributed by atoms with Gasteiger partial charge in [-0.3, -0.25) is 4.79 Å². The first-order chi connectivity index (χ1) is 8.86. The monoisotopic (exact) mass is 270 g/mol. The second-order valence-electron chi connectivity index (χ2n) is 4.98. The SMILES string of the molecule is Cc1cc(C(=O)NC(CCN)C(C)C)c(F)cc1F. The summed E-state index contributed by atoms with van der Waals surface area (Å²) in [6.45, 7) is 5.83. The molecule has 106 valence electrons. The number of hydrogen-bond donors (Lipinski definition) is 2. The molecule has 0 aromatic heterocycles. The van der Waals surface area contributed by atoms with Crippen molar-refractivity contribution in [1.29, 1.82) is 0 Å². The number of amides is 1. The fourth-order valence-corrected chi connectivity index (χ4v) is 1.83. The van der Waals surface area contributed by atoms with Crippen molar-refractivity contribution in [2.45, 2.75) is 33.2 Å². The normalized spacial score (nSPS) is 12.6. The Bertz CT molecular complexity index is 461. The second-order valence-corrected chi connectivity index (χ2v) is 4.98. The van der Waals surface area contributed by atoms with Gasteiger partial charge < -0.3 is 11.1 Å². The molecule has 3 nitrogen and oxygen atoms in total. The van der Waals surface area contributed by atoms with Gasteiger partial charge in [-0.2, -0.15) is 0 Å². The number of hydrogen-bond acceptors (Lipinski definition) is 2. The largest absolute Gasteiger partial charge is 0.349 e. The van der Waals surface area contributed by atoms with Crippen molar-refractivity contribution in [2.24, 2.45) is 11.7 Å². The number of carbonyl (C=O) groups excluding carboxylic acids is 1.